The number of carbonyl (C=O) groups excluding carboxylic acids is 2. The Morgan fingerprint density at radius 3 is 2.08 bits per heavy atom. The van der Waals surface area contributed by atoms with Gasteiger partial charge in [-0.05, 0) is 66.6 Å². The molecule has 0 spiro atoms. The number of nitrogens with zero attached hydrogens (tertiary/aromatic N) is 2. The van der Waals surface area contributed by atoms with Crippen molar-refractivity contribution in [3.05, 3.63) is 88.4 Å². The quantitative estimate of drug-likeness (QED) is 0.0627. The lowest BCUT2D eigenvalue weighted by molar-refractivity contribution is -0.142. The number of rotatable bonds is 21. The second-order valence-corrected chi connectivity index (χ2v) is 15.5. The number of carboxylic acids is 1. The number of nitrogens with two attached hydrogens (primary N) is 1. The van der Waals surface area contributed by atoms with Gasteiger partial charge >= 0.3 is 5.97 Å². The maximum absolute atomic E-state index is 13.6. The number of carbonyl (C=O) groups is 3. The fraction of sp³-hybridized carbons (Fsp3) is 0.452. The normalized spacial score (nSPS) is 12.5. The molecule has 284 valence electrons. The van der Waals surface area contributed by atoms with Crippen LogP contribution in [0.2, 0.25) is 0 Å². The van der Waals surface area contributed by atoms with Crippen molar-refractivity contribution < 1.29 is 24.2 Å². The van der Waals surface area contributed by atoms with Crippen molar-refractivity contribution in [2.45, 2.75) is 109 Å². The minimum absolute atomic E-state index is 0.127. The number of aromatic nitrogens is 2. The van der Waals surface area contributed by atoms with Gasteiger partial charge in [-0.2, -0.15) is 0 Å². The molecule has 0 aliphatic rings. The third-order valence-corrected chi connectivity index (χ3v) is 10.5. The molecule has 2 atom stereocenters. The molecule has 11 heteroatoms. The number of ether oxygens (including phenoxy) is 1. The summed E-state index contributed by atoms with van der Waals surface area (Å²) >= 11 is 1.38. The third-order valence-electron chi connectivity index (χ3n) is 9.01. The highest BCUT2D eigenvalue weighted by molar-refractivity contribution is 7.14. The highest BCUT2D eigenvalue weighted by atomic mass is 32.1. The predicted octanol–water partition coefficient (Wildman–Crippen LogP) is 7.95. The van der Waals surface area contributed by atoms with Gasteiger partial charge < -0.3 is 26.2 Å². The molecule has 0 saturated carbocycles. The van der Waals surface area contributed by atoms with Crippen molar-refractivity contribution in [1.29, 1.82) is 0 Å². The highest BCUT2D eigenvalue weighted by Crippen LogP contribution is 2.30. The van der Waals surface area contributed by atoms with Gasteiger partial charge in [0.2, 0.25) is 5.91 Å². The number of thiophene rings is 1. The third kappa shape index (κ3) is 13.1. The Labute approximate surface area is 318 Å². The first-order valence-electron chi connectivity index (χ1n) is 18.8. The molecule has 0 bridgehead atoms. The van der Waals surface area contributed by atoms with Gasteiger partial charge in [0.25, 0.3) is 5.91 Å². The lowest BCUT2D eigenvalue weighted by Crippen LogP contribution is -2.52. The SMILES string of the molecule is CCCCCCCOc1ccc(-c2cnc(-c3ccc(CC(NC(=O)c4ccc(C(C)(C)C)s4)C(=O)N[C@@H](CCCCCN)C(=O)O)cc3)nc2)cc1. The second-order valence-electron chi connectivity index (χ2n) is 14.5. The van der Waals surface area contributed by atoms with Gasteiger partial charge in [-0.15, -0.1) is 11.3 Å². The smallest absolute Gasteiger partial charge is 0.326 e. The molecule has 1 unspecified atom stereocenters. The largest absolute Gasteiger partial charge is 0.494 e. The minimum Gasteiger partial charge on any atom is -0.494 e. The fourth-order valence-electron chi connectivity index (χ4n) is 5.79. The molecule has 2 amide bonds. The van der Waals surface area contributed by atoms with Crippen LogP contribution in [0.15, 0.2) is 73.1 Å². The van der Waals surface area contributed by atoms with Gasteiger partial charge in [0.1, 0.15) is 17.8 Å². The highest BCUT2D eigenvalue weighted by Gasteiger charge is 2.28. The van der Waals surface area contributed by atoms with Gasteiger partial charge in [-0.25, -0.2) is 14.8 Å². The topological polar surface area (TPSA) is 157 Å². The summed E-state index contributed by atoms with van der Waals surface area (Å²) < 4.78 is 5.90. The van der Waals surface area contributed by atoms with Gasteiger partial charge in [-0.1, -0.05) is 103 Å². The molecule has 0 aliphatic carbocycles. The number of nitrogens with one attached hydrogen (secondary N) is 2. The molecule has 5 N–H and O–H groups in total. The van der Waals surface area contributed by atoms with E-state index < -0.39 is 24.0 Å². The first-order chi connectivity index (χ1) is 25.5. The van der Waals surface area contributed by atoms with Crippen LogP contribution in [0, 0.1) is 0 Å². The van der Waals surface area contributed by atoms with E-state index in [2.05, 4.69) is 48.3 Å². The summed E-state index contributed by atoms with van der Waals surface area (Å²) in [5, 5.41) is 15.4. The molecular formula is C42H55N5O5S. The monoisotopic (exact) mass is 741 g/mol. The number of unbranched alkanes of at least 4 members (excludes halogenated alkanes) is 6. The number of benzene rings is 2. The number of carboxylic acid groups (broad SMARTS) is 1. The van der Waals surface area contributed by atoms with Gasteiger partial charge in [0.15, 0.2) is 5.82 Å². The average Bonchev–Trinajstić information content (AvgIpc) is 3.67. The van der Waals surface area contributed by atoms with Gasteiger partial charge in [0, 0.05) is 34.8 Å². The number of hydrogen-bond acceptors (Lipinski definition) is 8. The zero-order chi connectivity index (χ0) is 38.2. The van der Waals surface area contributed by atoms with Crippen LogP contribution in [0.1, 0.15) is 106 Å². The number of aliphatic carboxylic acids is 1. The molecule has 2 heterocycles. The van der Waals surface area contributed by atoms with Gasteiger partial charge in [-0.3, -0.25) is 9.59 Å². The van der Waals surface area contributed by atoms with E-state index in [4.69, 9.17) is 10.5 Å². The fourth-order valence-corrected chi connectivity index (χ4v) is 6.76. The Morgan fingerprint density at radius 1 is 0.792 bits per heavy atom. The molecule has 0 radical (unpaired) electrons. The van der Waals surface area contributed by atoms with Gasteiger partial charge in [0.05, 0.1) is 11.5 Å². The number of hydrogen-bond donors (Lipinski definition) is 4. The standard InChI is InChI=1S/C42H55N5O5S/c1-5-6-7-8-12-25-52-33-20-18-30(19-21-33)32-27-44-38(45-28-32)31-16-14-29(15-17-31)26-35(39(48)46-34(41(50)51)13-10-9-11-24-43)47-40(49)36-22-23-37(53-36)42(2,3)4/h14-23,27-28,34-35H,5-13,24-26,43H2,1-4H3,(H,46,48)(H,47,49)(H,50,51)/t34-,35?/m0/s1. The van der Waals surface area contributed by atoms with Crippen LogP contribution in [0.4, 0.5) is 0 Å². The Bertz CT molecular complexity index is 1730. The molecule has 0 fully saturated rings. The molecule has 2 aromatic carbocycles. The van der Waals surface area contributed by atoms with Crippen LogP contribution < -0.4 is 21.1 Å². The van der Waals surface area contributed by atoms with Crippen molar-refractivity contribution in [2.24, 2.45) is 5.73 Å². The molecule has 4 aromatic rings. The molecule has 2 aromatic heterocycles. The van der Waals surface area contributed by atoms with E-state index in [1.165, 1.54) is 37.0 Å². The molecule has 0 saturated heterocycles. The van der Waals surface area contributed by atoms with Crippen molar-refractivity contribution in [1.82, 2.24) is 20.6 Å². The Kier molecular flexibility index (Phi) is 16.0. The maximum atomic E-state index is 13.6. The average molecular weight is 742 g/mol. The molecule has 10 nitrogen and oxygen atoms in total. The molecule has 4 rings (SSSR count). The van der Waals surface area contributed by atoms with Crippen LogP contribution >= 0.6 is 11.3 Å². The summed E-state index contributed by atoms with van der Waals surface area (Å²) in [5.41, 5.74) is 8.91. The lowest BCUT2D eigenvalue weighted by Gasteiger charge is -2.22. The summed E-state index contributed by atoms with van der Waals surface area (Å²) in [6.45, 7) is 9.68. The maximum Gasteiger partial charge on any atom is 0.326 e. The van der Waals surface area contributed by atoms with Crippen LogP contribution in [0.5, 0.6) is 5.75 Å². The Balaban J connectivity index is 1.42. The molecule has 53 heavy (non-hydrogen) atoms. The van der Waals surface area contributed by atoms with Crippen LogP contribution in [0.3, 0.4) is 0 Å². The van der Waals surface area contributed by atoms with Crippen molar-refractivity contribution >= 4 is 29.1 Å². The van der Waals surface area contributed by atoms with E-state index in [-0.39, 0.29) is 24.2 Å². The minimum atomic E-state index is -1.12. The van der Waals surface area contributed by atoms with E-state index >= 15 is 0 Å². The van der Waals surface area contributed by atoms with Crippen molar-refractivity contribution in [3.63, 3.8) is 0 Å². The molecular weight excluding hydrogens is 687 g/mol. The lowest BCUT2D eigenvalue weighted by atomic mass is 9.95. The van der Waals surface area contributed by atoms with Crippen LogP contribution in [-0.2, 0) is 21.4 Å². The van der Waals surface area contributed by atoms with Crippen LogP contribution in [0.25, 0.3) is 22.5 Å². The van der Waals surface area contributed by atoms with Crippen molar-refractivity contribution in [2.75, 3.05) is 13.2 Å². The zero-order valence-corrected chi connectivity index (χ0v) is 32.3. The van der Waals surface area contributed by atoms with Crippen LogP contribution in [-0.4, -0.2) is 58.1 Å². The zero-order valence-electron chi connectivity index (χ0n) is 31.5. The molecule has 0 aliphatic heterocycles. The van der Waals surface area contributed by atoms with E-state index in [1.807, 2.05) is 54.6 Å². The van der Waals surface area contributed by atoms with E-state index in [0.29, 0.717) is 23.7 Å². The van der Waals surface area contributed by atoms with E-state index in [9.17, 15) is 19.5 Å². The van der Waals surface area contributed by atoms with Crippen molar-refractivity contribution in [3.8, 4) is 28.3 Å². The summed E-state index contributed by atoms with van der Waals surface area (Å²) in [7, 11) is 0. The van der Waals surface area contributed by atoms with E-state index in [0.717, 1.165) is 58.7 Å². The van der Waals surface area contributed by atoms with E-state index in [1.54, 1.807) is 18.5 Å². The summed E-state index contributed by atoms with van der Waals surface area (Å²) in [6.07, 6.45) is 12.2. The first-order valence-corrected chi connectivity index (χ1v) is 19.6. The predicted molar refractivity (Wildman–Crippen MR) is 212 cm³/mol. The first kappa shape index (κ1) is 41.2. The Morgan fingerprint density at radius 2 is 1.45 bits per heavy atom. The summed E-state index contributed by atoms with van der Waals surface area (Å²) in [4.78, 5) is 49.8. The summed E-state index contributed by atoms with van der Waals surface area (Å²) in [6, 6.07) is 17.0. The summed E-state index contributed by atoms with van der Waals surface area (Å²) in [5.74, 6) is -0.651. The second kappa shape index (κ2) is 20.6. The Hall–Kier alpha value is -4.61. The number of amides is 2.